The molecule has 0 aliphatic carbocycles. The SMILES string of the molecule is N#CC1=CNC(=N)/C1=C(\N)NCC1CCNCC1. The van der Waals surface area contributed by atoms with Crippen molar-refractivity contribution in [2.45, 2.75) is 12.8 Å². The van der Waals surface area contributed by atoms with Gasteiger partial charge in [0, 0.05) is 12.7 Å². The molecule has 2 aliphatic rings. The van der Waals surface area contributed by atoms with E-state index in [4.69, 9.17) is 16.4 Å². The second-order valence-electron chi connectivity index (χ2n) is 4.55. The predicted molar refractivity (Wildman–Crippen MR) is 69.4 cm³/mol. The molecule has 0 radical (unpaired) electrons. The lowest BCUT2D eigenvalue weighted by atomic mass is 9.98. The van der Waals surface area contributed by atoms with Crippen molar-refractivity contribution < 1.29 is 0 Å². The van der Waals surface area contributed by atoms with E-state index < -0.39 is 0 Å². The Morgan fingerprint density at radius 1 is 1.56 bits per heavy atom. The maximum atomic E-state index is 8.94. The lowest BCUT2D eigenvalue weighted by Crippen LogP contribution is -2.35. The smallest absolute Gasteiger partial charge is 0.134 e. The summed E-state index contributed by atoms with van der Waals surface area (Å²) in [6.07, 6.45) is 3.77. The van der Waals surface area contributed by atoms with E-state index in [-0.39, 0.29) is 5.84 Å². The molecule has 1 saturated heterocycles. The number of piperidine rings is 1. The molecule has 0 aromatic carbocycles. The molecule has 0 aromatic heterocycles. The quantitative estimate of drug-likeness (QED) is 0.471. The minimum atomic E-state index is 0.182. The van der Waals surface area contributed by atoms with Gasteiger partial charge in [-0.05, 0) is 31.8 Å². The fourth-order valence-electron chi connectivity index (χ4n) is 2.22. The van der Waals surface area contributed by atoms with Gasteiger partial charge in [0.1, 0.15) is 17.7 Å². The zero-order valence-corrected chi connectivity index (χ0v) is 10.2. The highest BCUT2D eigenvalue weighted by Crippen LogP contribution is 2.16. The number of hydrogen-bond acceptors (Lipinski definition) is 5. The summed E-state index contributed by atoms with van der Waals surface area (Å²) in [6.45, 7) is 2.89. The van der Waals surface area contributed by atoms with E-state index >= 15 is 0 Å². The predicted octanol–water partition coefficient (Wildman–Crippen LogP) is -0.266. The number of nitrogens with one attached hydrogen (secondary N) is 4. The van der Waals surface area contributed by atoms with Gasteiger partial charge < -0.3 is 21.7 Å². The zero-order valence-electron chi connectivity index (χ0n) is 10.2. The van der Waals surface area contributed by atoms with Crippen molar-refractivity contribution in [1.82, 2.24) is 16.0 Å². The van der Waals surface area contributed by atoms with Crippen molar-refractivity contribution in [2.75, 3.05) is 19.6 Å². The van der Waals surface area contributed by atoms with Gasteiger partial charge in [-0.1, -0.05) is 0 Å². The van der Waals surface area contributed by atoms with Crippen molar-refractivity contribution in [3.63, 3.8) is 0 Å². The van der Waals surface area contributed by atoms with Crippen LogP contribution in [-0.2, 0) is 0 Å². The average Bonchev–Trinajstić information content (AvgIpc) is 2.78. The first-order valence-corrected chi connectivity index (χ1v) is 6.13. The van der Waals surface area contributed by atoms with Crippen LogP contribution in [-0.4, -0.2) is 25.5 Å². The molecule has 2 heterocycles. The summed E-state index contributed by atoms with van der Waals surface area (Å²) in [5.41, 5.74) is 6.82. The molecule has 0 atom stereocenters. The Kier molecular flexibility index (Phi) is 3.85. The van der Waals surface area contributed by atoms with Crippen LogP contribution in [0.15, 0.2) is 23.2 Å². The van der Waals surface area contributed by atoms with Crippen LogP contribution in [0.25, 0.3) is 0 Å². The summed E-state index contributed by atoms with van der Waals surface area (Å²) >= 11 is 0. The fraction of sp³-hybridized carbons (Fsp3) is 0.500. The normalized spacial score (nSPS) is 23.1. The number of rotatable bonds is 3. The van der Waals surface area contributed by atoms with Gasteiger partial charge >= 0.3 is 0 Å². The zero-order chi connectivity index (χ0) is 13.0. The third-order valence-electron chi connectivity index (χ3n) is 3.31. The molecule has 0 aromatic rings. The third-order valence-corrected chi connectivity index (χ3v) is 3.31. The minimum absolute atomic E-state index is 0.182. The highest BCUT2D eigenvalue weighted by Gasteiger charge is 2.21. The summed E-state index contributed by atoms with van der Waals surface area (Å²) in [5.74, 6) is 1.20. The molecule has 1 fully saturated rings. The van der Waals surface area contributed by atoms with E-state index in [1.807, 2.05) is 6.07 Å². The summed E-state index contributed by atoms with van der Waals surface area (Å²) in [4.78, 5) is 0. The Morgan fingerprint density at radius 2 is 2.28 bits per heavy atom. The summed E-state index contributed by atoms with van der Waals surface area (Å²) in [5, 5.41) is 25.8. The van der Waals surface area contributed by atoms with Crippen molar-refractivity contribution in [3.05, 3.63) is 23.2 Å². The number of amidine groups is 1. The van der Waals surface area contributed by atoms with Crippen LogP contribution in [0.4, 0.5) is 0 Å². The van der Waals surface area contributed by atoms with E-state index in [1.165, 1.54) is 6.20 Å². The van der Waals surface area contributed by atoms with Crippen LogP contribution < -0.4 is 21.7 Å². The first kappa shape index (κ1) is 12.5. The highest BCUT2D eigenvalue weighted by molar-refractivity contribution is 6.05. The van der Waals surface area contributed by atoms with E-state index in [2.05, 4.69) is 16.0 Å². The fourth-order valence-corrected chi connectivity index (χ4v) is 2.22. The van der Waals surface area contributed by atoms with Crippen molar-refractivity contribution >= 4 is 5.84 Å². The van der Waals surface area contributed by atoms with E-state index in [9.17, 15) is 0 Å². The van der Waals surface area contributed by atoms with Gasteiger partial charge in [0.25, 0.3) is 0 Å². The van der Waals surface area contributed by atoms with Crippen molar-refractivity contribution in [2.24, 2.45) is 11.7 Å². The van der Waals surface area contributed by atoms with Gasteiger partial charge in [-0.25, -0.2) is 0 Å². The molecule has 0 saturated carbocycles. The van der Waals surface area contributed by atoms with Crippen LogP contribution in [0.2, 0.25) is 0 Å². The van der Waals surface area contributed by atoms with Gasteiger partial charge in [-0.3, -0.25) is 5.41 Å². The van der Waals surface area contributed by atoms with Gasteiger partial charge in [0.05, 0.1) is 11.1 Å². The van der Waals surface area contributed by atoms with Crippen molar-refractivity contribution in [3.8, 4) is 6.07 Å². The maximum absolute atomic E-state index is 8.94. The minimum Gasteiger partial charge on any atom is -0.385 e. The molecule has 6 N–H and O–H groups in total. The van der Waals surface area contributed by atoms with Gasteiger partial charge in [0.15, 0.2) is 0 Å². The Morgan fingerprint density at radius 3 is 2.94 bits per heavy atom. The van der Waals surface area contributed by atoms with Gasteiger partial charge in [-0.15, -0.1) is 0 Å². The molecule has 6 nitrogen and oxygen atoms in total. The Bertz CT molecular complexity index is 436. The standard InChI is InChI=1S/C12H18N6/c13-5-9-7-18-12(15)10(9)11(14)17-6-8-1-3-16-4-2-8/h7-8,16-17H,1-4,6,14H2,(H2,15,18)/b11-10+. The number of nitrogens with two attached hydrogens (primary N) is 1. The van der Waals surface area contributed by atoms with Crippen LogP contribution >= 0.6 is 0 Å². The second-order valence-corrected chi connectivity index (χ2v) is 4.55. The lowest BCUT2D eigenvalue weighted by molar-refractivity contribution is 0.365. The van der Waals surface area contributed by atoms with Crippen LogP contribution in [0.3, 0.4) is 0 Å². The number of nitriles is 1. The first-order valence-electron chi connectivity index (χ1n) is 6.13. The first-order chi connectivity index (χ1) is 8.72. The molecule has 0 spiro atoms. The van der Waals surface area contributed by atoms with Gasteiger partial charge in [0.2, 0.25) is 0 Å². The third kappa shape index (κ3) is 2.63. The molecule has 6 heteroatoms. The number of hydrogen-bond donors (Lipinski definition) is 5. The largest absolute Gasteiger partial charge is 0.385 e. The van der Waals surface area contributed by atoms with Crippen LogP contribution in [0.1, 0.15) is 12.8 Å². The highest BCUT2D eigenvalue weighted by atomic mass is 15.0. The van der Waals surface area contributed by atoms with E-state index in [0.717, 1.165) is 32.5 Å². The molecular weight excluding hydrogens is 228 g/mol. The monoisotopic (exact) mass is 246 g/mol. The van der Waals surface area contributed by atoms with Crippen molar-refractivity contribution in [1.29, 1.82) is 10.7 Å². The number of nitrogens with zero attached hydrogens (tertiary/aromatic N) is 1. The lowest BCUT2D eigenvalue weighted by Gasteiger charge is -2.23. The topological polar surface area (TPSA) is 110 Å². The van der Waals surface area contributed by atoms with Crippen LogP contribution in [0, 0.1) is 22.7 Å². The Balaban J connectivity index is 1.97. The molecule has 0 amide bonds. The second kappa shape index (κ2) is 5.56. The molecule has 18 heavy (non-hydrogen) atoms. The molecule has 2 rings (SSSR count). The Labute approximate surface area is 106 Å². The van der Waals surface area contributed by atoms with E-state index in [0.29, 0.717) is 22.9 Å². The summed E-state index contributed by atoms with van der Waals surface area (Å²) in [6, 6.07) is 2.03. The molecule has 2 aliphatic heterocycles. The van der Waals surface area contributed by atoms with Crippen LogP contribution in [0.5, 0.6) is 0 Å². The van der Waals surface area contributed by atoms with E-state index in [1.54, 1.807) is 0 Å². The van der Waals surface area contributed by atoms with Gasteiger partial charge in [-0.2, -0.15) is 5.26 Å². The molecule has 0 bridgehead atoms. The average molecular weight is 246 g/mol. The molecule has 0 unspecified atom stereocenters. The summed E-state index contributed by atoms with van der Waals surface area (Å²) in [7, 11) is 0. The molecule has 96 valence electrons. The maximum Gasteiger partial charge on any atom is 0.134 e. The Hall–Kier alpha value is -2.00. The summed E-state index contributed by atoms with van der Waals surface area (Å²) < 4.78 is 0. The molecular formula is C12H18N6.